The second-order valence-electron chi connectivity index (χ2n) is 7.79. The molecule has 4 heterocycles. The smallest absolute Gasteiger partial charge is 0.262 e. The lowest BCUT2D eigenvalue weighted by atomic mass is 9.96. The molecule has 2 aliphatic rings. The third-order valence-corrected chi connectivity index (χ3v) is 7.04. The zero-order chi connectivity index (χ0) is 18.8. The van der Waals surface area contributed by atoms with E-state index in [-0.39, 0.29) is 23.9 Å². The Morgan fingerprint density at radius 1 is 1.32 bits per heavy atom. The van der Waals surface area contributed by atoms with E-state index in [2.05, 4.69) is 10.6 Å². The quantitative estimate of drug-likeness (QED) is 0.790. The summed E-state index contributed by atoms with van der Waals surface area (Å²) in [6, 6.07) is 0. The van der Waals surface area contributed by atoms with Crippen molar-refractivity contribution >= 4 is 39.9 Å². The molecule has 2 aromatic rings. The largest absolute Gasteiger partial charge is 0.351 e. The Balaban J connectivity index is 0.00000225. The average molecular weight is 425 g/mol. The number of halogens is 1. The molecule has 1 unspecified atom stereocenters. The molecule has 0 saturated carbocycles. The molecule has 0 bridgehead atoms. The van der Waals surface area contributed by atoms with Gasteiger partial charge in [-0.05, 0) is 63.6 Å². The standard InChI is InChI=1S/C20H28N4O2S.ClH/c1-13-16-19(23-15-7-3-2-4-11-24(15)20(16)26)27-17(13)18(25)22-10-8-14-6-5-9-21-12-14;/h14,21H,2-12H2,1H3,(H,22,25);1H. The van der Waals surface area contributed by atoms with Gasteiger partial charge in [0, 0.05) is 19.5 Å². The number of nitrogens with one attached hydrogen (secondary N) is 2. The fourth-order valence-electron chi connectivity index (χ4n) is 4.27. The fourth-order valence-corrected chi connectivity index (χ4v) is 5.37. The van der Waals surface area contributed by atoms with E-state index in [1.54, 1.807) is 0 Å². The summed E-state index contributed by atoms with van der Waals surface area (Å²) in [5, 5.41) is 7.10. The molecule has 4 rings (SSSR count). The van der Waals surface area contributed by atoms with Gasteiger partial charge >= 0.3 is 0 Å². The molecule has 8 heteroatoms. The molecule has 0 aliphatic carbocycles. The van der Waals surface area contributed by atoms with Crippen molar-refractivity contribution < 1.29 is 4.79 Å². The van der Waals surface area contributed by atoms with E-state index in [1.807, 2.05) is 11.5 Å². The molecule has 2 N–H and O–H groups in total. The minimum Gasteiger partial charge on any atom is -0.351 e. The summed E-state index contributed by atoms with van der Waals surface area (Å²) < 4.78 is 1.83. The lowest BCUT2D eigenvalue weighted by molar-refractivity contribution is 0.0954. The van der Waals surface area contributed by atoms with Crippen molar-refractivity contribution in [3.8, 4) is 0 Å². The summed E-state index contributed by atoms with van der Waals surface area (Å²) in [5.74, 6) is 1.45. The number of thiophene rings is 1. The fraction of sp³-hybridized carbons (Fsp3) is 0.650. The highest BCUT2D eigenvalue weighted by Crippen LogP contribution is 2.28. The van der Waals surface area contributed by atoms with Gasteiger partial charge in [-0.3, -0.25) is 14.2 Å². The summed E-state index contributed by atoms with van der Waals surface area (Å²) in [6.07, 6.45) is 7.53. The summed E-state index contributed by atoms with van der Waals surface area (Å²) in [4.78, 5) is 31.8. The minimum atomic E-state index is -0.0705. The van der Waals surface area contributed by atoms with E-state index >= 15 is 0 Å². The van der Waals surface area contributed by atoms with Crippen LogP contribution < -0.4 is 16.2 Å². The molecule has 0 radical (unpaired) electrons. The molecule has 1 amide bonds. The number of nitrogens with zero attached hydrogens (tertiary/aromatic N) is 2. The second kappa shape index (κ2) is 9.37. The van der Waals surface area contributed by atoms with Crippen LogP contribution in [-0.2, 0) is 13.0 Å². The molecule has 1 fully saturated rings. The van der Waals surface area contributed by atoms with Gasteiger partial charge in [-0.2, -0.15) is 0 Å². The Morgan fingerprint density at radius 3 is 2.96 bits per heavy atom. The number of aryl methyl sites for hydroxylation is 2. The number of aromatic nitrogens is 2. The van der Waals surface area contributed by atoms with E-state index in [1.165, 1.54) is 24.2 Å². The maximum Gasteiger partial charge on any atom is 0.262 e. The van der Waals surface area contributed by atoms with Gasteiger partial charge in [0.15, 0.2) is 0 Å². The van der Waals surface area contributed by atoms with E-state index in [0.29, 0.717) is 27.6 Å². The van der Waals surface area contributed by atoms with Crippen LogP contribution in [0.4, 0.5) is 0 Å². The molecular weight excluding hydrogens is 396 g/mol. The predicted octanol–water partition coefficient (Wildman–Crippen LogP) is 3.03. The van der Waals surface area contributed by atoms with E-state index < -0.39 is 0 Å². The molecule has 1 atom stereocenters. The van der Waals surface area contributed by atoms with Gasteiger partial charge in [0.25, 0.3) is 11.5 Å². The van der Waals surface area contributed by atoms with Gasteiger partial charge in [0.1, 0.15) is 10.7 Å². The van der Waals surface area contributed by atoms with Crippen molar-refractivity contribution in [3.05, 3.63) is 26.6 Å². The Hall–Kier alpha value is -1.44. The molecular formula is C20H29ClN4O2S. The van der Waals surface area contributed by atoms with Gasteiger partial charge in [0.05, 0.1) is 10.3 Å². The summed E-state index contributed by atoms with van der Waals surface area (Å²) >= 11 is 1.36. The first-order chi connectivity index (χ1) is 13.1. The summed E-state index contributed by atoms with van der Waals surface area (Å²) in [7, 11) is 0. The highest BCUT2D eigenvalue weighted by atomic mass is 35.5. The summed E-state index contributed by atoms with van der Waals surface area (Å²) in [5.41, 5.74) is 0.807. The van der Waals surface area contributed by atoms with Crippen LogP contribution in [0.2, 0.25) is 0 Å². The van der Waals surface area contributed by atoms with Crippen LogP contribution in [0, 0.1) is 12.8 Å². The molecule has 0 spiro atoms. The lowest BCUT2D eigenvalue weighted by Gasteiger charge is -2.22. The Labute approximate surface area is 175 Å². The third-order valence-electron chi connectivity index (χ3n) is 5.85. The number of hydrogen-bond acceptors (Lipinski definition) is 5. The normalized spacial score (nSPS) is 19.5. The molecule has 2 aromatic heterocycles. The monoisotopic (exact) mass is 424 g/mol. The molecule has 154 valence electrons. The van der Waals surface area contributed by atoms with E-state index in [0.717, 1.165) is 63.1 Å². The lowest BCUT2D eigenvalue weighted by Crippen LogP contribution is -2.33. The first-order valence-corrected chi connectivity index (χ1v) is 11.0. The first kappa shape index (κ1) is 21.3. The number of amides is 1. The van der Waals surface area contributed by atoms with Crippen LogP contribution in [0.1, 0.15) is 59.6 Å². The van der Waals surface area contributed by atoms with Crippen LogP contribution in [0.15, 0.2) is 4.79 Å². The number of piperidine rings is 1. The Bertz CT molecular complexity index is 902. The van der Waals surface area contributed by atoms with Crippen molar-refractivity contribution in [3.63, 3.8) is 0 Å². The predicted molar refractivity (Wildman–Crippen MR) is 116 cm³/mol. The highest BCUT2D eigenvalue weighted by molar-refractivity contribution is 7.20. The van der Waals surface area contributed by atoms with Crippen LogP contribution in [0.5, 0.6) is 0 Å². The Morgan fingerprint density at radius 2 is 2.18 bits per heavy atom. The zero-order valence-corrected chi connectivity index (χ0v) is 18.0. The van der Waals surface area contributed by atoms with Crippen molar-refractivity contribution in [1.82, 2.24) is 20.2 Å². The van der Waals surface area contributed by atoms with Gasteiger partial charge in [-0.25, -0.2) is 4.98 Å². The number of fused-ring (bicyclic) bond motifs is 2. The highest BCUT2D eigenvalue weighted by Gasteiger charge is 2.22. The molecule has 2 aliphatic heterocycles. The summed E-state index contributed by atoms with van der Waals surface area (Å²) in [6.45, 7) is 5.46. The molecule has 0 aromatic carbocycles. The zero-order valence-electron chi connectivity index (χ0n) is 16.4. The van der Waals surface area contributed by atoms with Crippen LogP contribution in [0.3, 0.4) is 0 Å². The second-order valence-corrected chi connectivity index (χ2v) is 8.79. The number of carbonyl (C=O) groups excluding carboxylic acids is 1. The molecule has 6 nitrogen and oxygen atoms in total. The molecule has 28 heavy (non-hydrogen) atoms. The topological polar surface area (TPSA) is 76.0 Å². The van der Waals surface area contributed by atoms with Crippen LogP contribution in [0.25, 0.3) is 10.2 Å². The van der Waals surface area contributed by atoms with Crippen molar-refractivity contribution in [2.45, 2.75) is 58.4 Å². The van der Waals surface area contributed by atoms with Crippen molar-refractivity contribution in [2.75, 3.05) is 19.6 Å². The van der Waals surface area contributed by atoms with Gasteiger partial charge in [-0.1, -0.05) is 6.42 Å². The van der Waals surface area contributed by atoms with Gasteiger partial charge in [0.2, 0.25) is 0 Å². The Kier molecular flexibility index (Phi) is 7.12. The minimum absolute atomic E-state index is 0. The SMILES string of the molecule is Cc1c(C(=O)NCCC2CCCNC2)sc2nc3n(c(=O)c12)CCCCC3.Cl. The van der Waals surface area contributed by atoms with Crippen LogP contribution >= 0.6 is 23.7 Å². The average Bonchev–Trinajstić information content (AvgIpc) is 2.85. The number of hydrogen-bond donors (Lipinski definition) is 2. The van der Waals surface area contributed by atoms with Gasteiger partial charge < -0.3 is 10.6 Å². The third kappa shape index (κ3) is 4.26. The maximum absolute atomic E-state index is 13.0. The maximum atomic E-state index is 13.0. The van der Waals surface area contributed by atoms with E-state index in [9.17, 15) is 9.59 Å². The van der Waals surface area contributed by atoms with Gasteiger partial charge in [-0.15, -0.1) is 23.7 Å². The first-order valence-electron chi connectivity index (χ1n) is 10.2. The van der Waals surface area contributed by atoms with E-state index in [4.69, 9.17) is 4.98 Å². The van der Waals surface area contributed by atoms with Crippen LogP contribution in [-0.4, -0.2) is 35.1 Å². The number of carbonyl (C=O) groups is 1. The van der Waals surface area contributed by atoms with Crippen molar-refractivity contribution in [1.29, 1.82) is 0 Å². The number of rotatable bonds is 4. The van der Waals surface area contributed by atoms with Crippen molar-refractivity contribution in [2.24, 2.45) is 5.92 Å². The molecule has 1 saturated heterocycles.